The Morgan fingerprint density at radius 3 is 2.76 bits per heavy atom. The molecule has 92 valence electrons. The van der Waals surface area contributed by atoms with Gasteiger partial charge in [0.1, 0.15) is 5.75 Å². The second kappa shape index (κ2) is 5.41. The van der Waals surface area contributed by atoms with Crippen molar-refractivity contribution in [2.24, 2.45) is 0 Å². The average molecular weight is 254 g/mol. The topological polar surface area (TPSA) is 40.5 Å². The zero-order valence-electron chi connectivity index (χ0n) is 9.60. The Morgan fingerprint density at radius 1 is 1.47 bits per heavy atom. The fraction of sp³-hybridized carbons (Fsp3) is 0.462. The number of amides is 1. The summed E-state index contributed by atoms with van der Waals surface area (Å²) in [5.74, 6) is 0.530. The van der Waals surface area contributed by atoms with Crippen molar-refractivity contribution >= 4 is 17.5 Å². The van der Waals surface area contributed by atoms with E-state index in [2.05, 4.69) is 0 Å². The summed E-state index contributed by atoms with van der Waals surface area (Å²) in [6.45, 7) is 0.570. The molecule has 3 nitrogen and oxygen atoms in total. The van der Waals surface area contributed by atoms with Crippen molar-refractivity contribution in [3.05, 3.63) is 29.8 Å². The van der Waals surface area contributed by atoms with Crippen molar-refractivity contribution in [2.45, 2.75) is 25.3 Å². The van der Waals surface area contributed by atoms with E-state index in [-0.39, 0.29) is 11.7 Å². The molecular weight excluding hydrogens is 238 g/mol. The van der Waals surface area contributed by atoms with E-state index in [4.69, 9.17) is 11.6 Å². The van der Waals surface area contributed by atoms with Gasteiger partial charge in [0.25, 0.3) is 5.91 Å². The number of aromatic hydroxyl groups is 1. The summed E-state index contributed by atoms with van der Waals surface area (Å²) in [6, 6.07) is 6.79. The predicted octanol–water partition coefficient (Wildman–Crippen LogP) is 2.63. The summed E-state index contributed by atoms with van der Waals surface area (Å²) < 4.78 is 0. The molecule has 1 aromatic rings. The molecule has 0 radical (unpaired) electrons. The van der Waals surface area contributed by atoms with Crippen molar-refractivity contribution in [1.29, 1.82) is 0 Å². The molecule has 0 aliphatic heterocycles. The fourth-order valence-corrected chi connectivity index (χ4v) is 2.23. The minimum atomic E-state index is -0.0359. The second-order valence-corrected chi connectivity index (χ2v) is 4.70. The lowest BCUT2D eigenvalue weighted by molar-refractivity contribution is 0.0597. The number of nitrogens with zero attached hydrogens (tertiary/aromatic N) is 1. The summed E-state index contributed by atoms with van der Waals surface area (Å²) >= 11 is 5.74. The van der Waals surface area contributed by atoms with Gasteiger partial charge >= 0.3 is 0 Å². The van der Waals surface area contributed by atoms with E-state index < -0.39 is 0 Å². The van der Waals surface area contributed by atoms with Crippen LogP contribution in [-0.2, 0) is 0 Å². The van der Waals surface area contributed by atoms with Gasteiger partial charge in [0.2, 0.25) is 0 Å². The molecule has 1 fully saturated rings. The maximum absolute atomic E-state index is 12.3. The van der Waals surface area contributed by atoms with Gasteiger partial charge in [-0.25, -0.2) is 0 Å². The lowest BCUT2D eigenvalue weighted by Gasteiger charge is -2.37. The van der Waals surface area contributed by atoms with Crippen molar-refractivity contribution in [2.75, 3.05) is 12.4 Å². The molecule has 0 unspecified atom stereocenters. The van der Waals surface area contributed by atoms with Gasteiger partial charge in [-0.2, -0.15) is 0 Å². The highest BCUT2D eigenvalue weighted by atomic mass is 35.5. The number of hydrogen-bond acceptors (Lipinski definition) is 2. The zero-order valence-corrected chi connectivity index (χ0v) is 10.4. The normalized spacial score (nSPS) is 15.4. The molecule has 0 aromatic heterocycles. The second-order valence-electron chi connectivity index (χ2n) is 4.32. The first-order valence-electron chi connectivity index (χ1n) is 5.88. The van der Waals surface area contributed by atoms with Crippen LogP contribution < -0.4 is 0 Å². The fourth-order valence-electron chi connectivity index (χ4n) is 2.04. The first kappa shape index (κ1) is 12.2. The van der Waals surface area contributed by atoms with Crippen molar-refractivity contribution < 1.29 is 9.90 Å². The van der Waals surface area contributed by atoms with Gasteiger partial charge < -0.3 is 10.0 Å². The van der Waals surface area contributed by atoms with Crippen LogP contribution in [0.1, 0.15) is 29.6 Å². The number of phenolic OH excluding ortho intramolecular Hbond substituents is 1. The third-order valence-electron chi connectivity index (χ3n) is 3.19. The van der Waals surface area contributed by atoms with Gasteiger partial charge in [-0.15, -0.1) is 11.6 Å². The number of carbonyl (C=O) groups is 1. The highest BCUT2D eigenvalue weighted by Crippen LogP contribution is 2.26. The summed E-state index contributed by atoms with van der Waals surface area (Å²) in [6.07, 6.45) is 3.29. The lowest BCUT2D eigenvalue weighted by atomic mass is 9.91. The smallest absolute Gasteiger partial charge is 0.254 e. The predicted molar refractivity (Wildman–Crippen MR) is 67.5 cm³/mol. The molecule has 0 saturated heterocycles. The largest absolute Gasteiger partial charge is 0.508 e. The van der Waals surface area contributed by atoms with E-state index in [1.807, 2.05) is 4.90 Å². The van der Waals surface area contributed by atoms with Gasteiger partial charge in [-0.1, -0.05) is 6.07 Å². The summed E-state index contributed by atoms with van der Waals surface area (Å²) in [4.78, 5) is 14.1. The summed E-state index contributed by atoms with van der Waals surface area (Å²) in [7, 11) is 0. The molecule has 2 rings (SSSR count). The molecule has 4 heteroatoms. The number of halogens is 1. The Morgan fingerprint density at radius 2 is 2.24 bits per heavy atom. The third-order valence-corrected chi connectivity index (χ3v) is 3.36. The molecule has 1 aromatic carbocycles. The van der Waals surface area contributed by atoms with Crippen LogP contribution in [0.2, 0.25) is 0 Å². The van der Waals surface area contributed by atoms with E-state index in [1.165, 1.54) is 12.5 Å². The van der Waals surface area contributed by atoms with Crippen LogP contribution in [-0.4, -0.2) is 34.4 Å². The molecule has 1 N–H and O–H groups in total. The van der Waals surface area contributed by atoms with Crippen LogP contribution in [0.4, 0.5) is 0 Å². The van der Waals surface area contributed by atoms with Crippen LogP contribution in [0.5, 0.6) is 5.75 Å². The van der Waals surface area contributed by atoms with E-state index in [0.717, 1.165) is 12.8 Å². The number of rotatable bonds is 4. The minimum absolute atomic E-state index is 0.0359. The monoisotopic (exact) mass is 253 g/mol. The molecule has 0 atom stereocenters. The van der Waals surface area contributed by atoms with Gasteiger partial charge in [0, 0.05) is 24.0 Å². The van der Waals surface area contributed by atoms with Gasteiger partial charge in [0.05, 0.1) is 0 Å². The van der Waals surface area contributed by atoms with Crippen molar-refractivity contribution in [3.63, 3.8) is 0 Å². The third kappa shape index (κ3) is 2.72. The number of hydrogen-bond donors (Lipinski definition) is 1. The van der Waals surface area contributed by atoms with Crippen LogP contribution in [0.15, 0.2) is 24.3 Å². The molecular formula is C13H16ClNO2. The van der Waals surface area contributed by atoms with E-state index in [0.29, 0.717) is 24.0 Å². The number of carbonyl (C=O) groups excluding carboxylic acids is 1. The highest BCUT2D eigenvalue weighted by Gasteiger charge is 2.28. The molecule has 0 spiro atoms. The van der Waals surface area contributed by atoms with E-state index in [9.17, 15) is 9.90 Å². The summed E-state index contributed by atoms with van der Waals surface area (Å²) in [5.41, 5.74) is 0.530. The van der Waals surface area contributed by atoms with Gasteiger partial charge in [-0.3, -0.25) is 4.79 Å². The molecule has 1 saturated carbocycles. The first-order valence-corrected chi connectivity index (χ1v) is 6.42. The Kier molecular flexibility index (Phi) is 3.89. The van der Waals surface area contributed by atoms with Crippen LogP contribution in [0.25, 0.3) is 0 Å². The molecule has 1 amide bonds. The molecule has 1 aliphatic rings. The lowest BCUT2D eigenvalue weighted by Crippen LogP contribution is -2.45. The number of alkyl halides is 1. The number of benzene rings is 1. The zero-order chi connectivity index (χ0) is 12.3. The minimum Gasteiger partial charge on any atom is -0.508 e. The van der Waals surface area contributed by atoms with Crippen molar-refractivity contribution in [1.82, 2.24) is 4.90 Å². The highest BCUT2D eigenvalue weighted by molar-refractivity contribution is 6.18. The molecule has 0 heterocycles. The SMILES string of the molecule is O=C(c1cccc(O)c1)N(CCCl)C1CCC1. The molecule has 0 bridgehead atoms. The summed E-state index contributed by atoms with van der Waals surface area (Å²) in [5, 5.41) is 9.39. The maximum Gasteiger partial charge on any atom is 0.254 e. The maximum atomic E-state index is 12.3. The van der Waals surface area contributed by atoms with E-state index in [1.54, 1.807) is 18.2 Å². The quantitative estimate of drug-likeness (QED) is 0.838. The van der Waals surface area contributed by atoms with Gasteiger partial charge in [0.15, 0.2) is 0 Å². The molecule has 17 heavy (non-hydrogen) atoms. The average Bonchev–Trinajstić information content (AvgIpc) is 2.25. The standard InChI is InChI=1S/C13H16ClNO2/c14-7-8-15(11-4-2-5-11)13(17)10-3-1-6-12(16)9-10/h1,3,6,9,11,16H,2,4-5,7-8H2. The van der Waals surface area contributed by atoms with Crippen molar-refractivity contribution in [3.8, 4) is 5.75 Å². The van der Waals surface area contributed by atoms with Gasteiger partial charge in [-0.05, 0) is 37.5 Å². The Hall–Kier alpha value is -1.22. The Balaban J connectivity index is 2.15. The number of phenols is 1. The first-order chi connectivity index (χ1) is 8.22. The molecule has 1 aliphatic carbocycles. The van der Waals surface area contributed by atoms with Crippen LogP contribution in [0, 0.1) is 0 Å². The van der Waals surface area contributed by atoms with E-state index >= 15 is 0 Å². The van der Waals surface area contributed by atoms with Crippen LogP contribution in [0.3, 0.4) is 0 Å². The van der Waals surface area contributed by atoms with Crippen LogP contribution >= 0.6 is 11.6 Å². The Labute approximate surface area is 106 Å². The Bertz CT molecular complexity index is 404.